The van der Waals surface area contributed by atoms with Crippen LogP contribution in [-0.4, -0.2) is 37.0 Å². The van der Waals surface area contributed by atoms with E-state index in [1.165, 1.54) is 12.8 Å². The Kier molecular flexibility index (Phi) is 5.99. The van der Waals surface area contributed by atoms with E-state index in [4.69, 9.17) is 5.26 Å². The second kappa shape index (κ2) is 7.29. The molecular formula is C13H23N3O. The standard InChI is InChI=1S/C13H23N3O/c1-11(2)9-16(7-3-6-14)10-13(17)15-8-12-4-5-12/h11-12H,3-5,7-10H2,1-2H3,(H,15,17). The third-order valence-electron chi connectivity index (χ3n) is 2.82. The molecule has 1 saturated carbocycles. The molecule has 1 aliphatic carbocycles. The van der Waals surface area contributed by atoms with Crippen LogP contribution >= 0.6 is 0 Å². The molecule has 0 heterocycles. The van der Waals surface area contributed by atoms with Crippen LogP contribution in [0.2, 0.25) is 0 Å². The highest BCUT2D eigenvalue weighted by Gasteiger charge is 2.22. The average molecular weight is 237 g/mol. The Morgan fingerprint density at radius 3 is 2.76 bits per heavy atom. The molecule has 96 valence electrons. The van der Waals surface area contributed by atoms with Crippen molar-refractivity contribution in [1.82, 2.24) is 10.2 Å². The zero-order chi connectivity index (χ0) is 12.7. The largest absolute Gasteiger partial charge is 0.355 e. The maximum absolute atomic E-state index is 11.7. The normalized spacial score (nSPS) is 15.0. The Balaban J connectivity index is 2.24. The first kappa shape index (κ1) is 14.0. The highest BCUT2D eigenvalue weighted by atomic mass is 16.2. The molecule has 1 amide bonds. The Bertz CT molecular complexity index is 279. The molecule has 17 heavy (non-hydrogen) atoms. The lowest BCUT2D eigenvalue weighted by Gasteiger charge is -2.22. The summed E-state index contributed by atoms with van der Waals surface area (Å²) in [4.78, 5) is 13.8. The van der Waals surface area contributed by atoms with Crippen molar-refractivity contribution in [3.8, 4) is 6.07 Å². The molecule has 0 saturated heterocycles. The molecule has 1 rings (SSSR count). The van der Waals surface area contributed by atoms with E-state index in [0.29, 0.717) is 25.4 Å². The lowest BCUT2D eigenvalue weighted by molar-refractivity contribution is -0.122. The lowest BCUT2D eigenvalue weighted by atomic mass is 10.2. The SMILES string of the molecule is CC(C)CN(CCC#N)CC(=O)NCC1CC1. The van der Waals surface area contributed by atoms with Gasteiger partial charge in [0.1, 0.15) is 0 Å². The number of carbonyl (C=O) groups is 1. The average Bonchev–Trinajstić information content (AvgIpc) is 3.06. The van der Waals surface area contributed by atoms with Crippen LogP contribution in [0.25, 0.3) is 0 Å². The van der Waals surface area contributed by atoms with Crippen molar-refractivity contribution >= 4 is 5.91 Å². The summed E-state index contributed by atoms with van der Waals surface area (Å²) in [6.07, 6.45) is 3.00. The molecule has 4 nitrogen and oxygen atoms in total. The lowest BCUT2D eigenvalue weighted by Crippen LogP contribution is -2.40. The number of hydrogen-bond acceptors (Lipinski definition) is 3. The zero-order valence-electron chi connectivity index (χ0n) is 10.9. The van der Waals surface area contributed by atoms with Gasteiger partial charge in [0.05, 0.1) is 12.6 Å². The molecule has 1 fully saturated rings. The van der Waals surface area contributed by atoms with Crippen molar-refractivity contribution in [3.63, 3.8) is 0 Å². The van der Waals surface area contributed by atoms with Crippen molar-refractivity contribution in [2.75, 3.05) is 26.2 Å². The fraction of sp³-hybridized carbons (Fsp3) is 0.846. The molecule has 0 aromatic rings. The molecule has 0 aromatic heterocycles. The van der Waals surface area contributed by atoms with E-state index < -0.39 is 0 Å². The van der Waals surface area contributed by atoms with E-state index in [9.17, 15) is 4.79 Å². The summed E-state index contributed by atoms with van der Waals surface area (Å²) in [7, 11) is 0. The van der Waals surface area contributed by atoms with E-state index in [-0.39, 0.29) is 5.91 Å². The number of amides is 1. The van der Waals surface area contributed by atoms with Gasteiger partial charge in [-0.05, 0) is 24.7 Å². The van der Waals surface area contributed by atoms with Gasteiger partial charge in [-0.2, -0.15) is 5.26 Å². The molecule has 1 N–H and O–H groups in total. The smallest absolute Gasteiger partial charge is 0.234 e. The molecule has 0 radical (unpaired) electrons. The van der Waals surface area contributed by atoms with Gasteiger partial charge >= 0.3 is 0 Å². The topological polar surface area (TPSA) is 56.1 Å². The van der Waals surface area contributed by atoms with E-state index in [2.05, 4.69) is 30.1 Å². The highest BCUT2D eigenvalue weighted by molar-refractivity contribution is 5.78. The van der Waals surface area contributed by atoms with Crippen molar-refractivity contribution in [1.29, 1.82) is 5.26 Å². The van der Waals surface area contributed by atoms with Crippen LogP contribution in [0.15, 0.2) is 0 Å². The molecule has 1 aliphatic rings. The number of nitriles is 1. The van der Waals surface area contributed by atoms with E-state index in [0.717, 1.165) is 19.0 Å². The second-order valence-corrected chi connectivity index (χ2v) is 5.28. The third-order valence-corrected chi connectivity index (χ3v) is 2.82. The van der Waals surface area contributed by atoms with E-state index >= 15 is 0 Å². The minimum Gasteiger partial charge on any atom is -0.355 e. The van der Waals surface area contributed by atoms with Crippen molar-refractivity contribution < 1.29 is 4.79 Å². The summed E-state index contributed by atoms with van der Waals surface area (Å²) >= 11 is 0. The number of nitrogens with zero attached hydrogens (tertiary/aromatic N) is 2. The van der Waals surface area contributed by atoms with E-state index in [1.807, 2.05) is 0 Å². The summed E-state index contributed by atoms with van der Waals surface area (Å²) in [6.45, 7) is 7.06. The van der Waals surface area contributed by atoms with Gasteiger partial charge in [0.15, 0.2) is 0 Å². The van der Waals surface area contributed by atoms with Crippen molar-refractivity contribution in [2.24, 2.45) is 11.8 Å². The Morgan fingerprint density at radius 2 is 2.24 bits per heavy atom. The highest BCUT2D eigenvalue weighted by Crippen LogP contribution is 2.27. The van der Waals surface area contributed by atoms with E-state index in [1.54, 1.807) is 0 Å². The third kappa shape index (κ3) is 6.96. The summed E-state index contributed by atoms with van der Waals surface area (Å²) in [5.41, 5.74) is 0. The maximum atomic E-state index is 11.7. The molecule has 0 bridgehead atoms. The Morgan fingerprint density at radius 1 is 1.53 bits per heavy atom. The van der Waals surface area contributed by atoms with Gasteiger partial charge in [0.2, 0.25) is 5.91 Å². The number of rotatable bonds is 8. The van der Waals surface area contributed by atoms with Crippen LogP contribution in [0.5, 0.6) is 0 Å². The van der Waals surface area contributed by atoms with Crippen LogP contribution in [0.3, 0.4) is 0 Å². The molecule has 0 aromatic carbocycles. The molecule has 0 aliphatic heterocycles. The van der Waals surface area contributed by atoms with Crippen LogP contribution in [0.4, 0.5) is 0 Å². The van der Waals surface area contributed by atoms with Crippen LogP contribution < -0.4 is 5.32 Å². The minimum absolute atomic E-state index is 0.0930. The fourth-order valence-electron chi connectivity index (χ4n) is 1.80. The first-order chi connectivity index (χ1) is 8.11. The second-order valence-electron chi connectivity index (χ2n) is 5.28. The van der Waals surface area contributed by atoms with Crippen molar-refractivity contribution in [3.05, 3.63) is 0 Å². The van der Waals surface area contributed by atoms with Gasteiger partial charge in [-0.1, -0.05) is 13.8 Å². The summed E-state index contributed by atoms with van der Waals surface area (Å²) in [5.74, 6) is 1.33. The summed E-state index contributed by atoms with van der Waals surface area (Å²) in [6, 6.07) is 2.13. The summed E-state index contributed by atoms with van der Waals surface area (Å²) in [5, 5.41) is 11.6. The summed E-state index contributed by atoms with van der Waals surface area (Å²) < 4.78 is 0. The Hall–Kier alpha value is -1.08. The minimum atomic E-state index is 0.0930. The fourth-order valence-corrected chi connectivity index (χ4v) is 1.80. The first-order valence-corrected chi connectivity index (χ1v) is 6.47. The van der Waals surface area contributed by atoms with Crippen LogP contribution in [0, 0.1) is 23.2 Å². The molecular weight excluding hydrogens is 214 g/mol. The molecule has 0 unspecified atom stereocenters. The first-order valence-electron chi connectivity index (χ1n) is 6.47. The predicted molar refractivity (Wildman–Crippen MR) is 67.2 cm³/mol. The quantitative estimate of drug-likeness (QED) is 0.694. The van der Waals surface area contributed by atoms with Gasteiger partial charge in [-0.15, -0.1) is 0 Å². The van der Waals surface area contributed by atoms with Gasteiger partial charge in [-0.25, -0.2) is 0 Å². The van der Waals surface area contributed by atoms with Gasteiger partial charge in [0.25, 0.3) is 0 Å². The predicted octanol–water partition coefficient (Wildman–Crippen LogP) is 1.38. The van der Waals surface area contributed by atoms with Crippen LogP contribution in [-0.2, 0) is 4.79 Å². The number of carbonyl (C=O) groups excluding carboxylic acids is 1. The zero-order valence-corrected chi connectivity index (χ0v) is 10.9. The van der Waals surface area contributed by atoms with Gasteiger partial charge in [0, 0.05) is 26.1 Å². The molecule has 0 spiro atoms. The number of nitrogens with one attached hydrogen (secondary N) is 1. The molecule has 4 heteroatoms. The molecule has 0 atom stereocenters. The van der Waals surface area contributed by atoms with Gasteiger partial charge in [-0.3, -0.25) is 9.69 Å². The van der Waals surface area contributed by atoms with Crippen LogP contribution in [0.1, 0.15) is 33.1 Å². The van der Waals surface area contributed by atoms with Crippen molar-refractivity contribution in [2.45, 2.75) is 33.1 Å². The monoisotopic (exact) mass is 237 g/mol. The van der Waals surface area contributed by atoms with Gasteiger partial charge < -0.3 is 5.32 Å². The Labute approximate surface area is 104 Å². The number of hydrogen-bond donors (Lipinski definition) is 1. The maximum Gasteiger partial charge on any atom is 0.234 e.